The number of nitrogens with zero attached hydrogens (tertiary/aromatic N) is 2. The summed E-state index contributed by atoms with van der Waals surface area (Å²) in [5.74, 6) is -0.326. The van der Waals surface area contributed by atoms with Gasteiger partial charge in [0.1, 0.15) is 10.3 Å². The van der Waals surface area contributed by atoms with Gasteiger partial charge in [-0.1, -0.05) is 39.8 Å². The zero-order chi connectivity index (χ0) is 19.0. The third-order valence-electron chi connectivity index (χ3n) is 4.39. The van der Waals surface area contributed by atoms with E-state index in [1.807, 2.05) is 18.2 Å². The minimum atomic E-state index is -3.67. The third kappa shape index (κ3) is 3.81. The second kappa shape index (κ2) is 7.59. The lowest BCUT2D eigenvalue weighted by Crippen LogP contribution is -2.49. The van der Waals surface area contributed by atoms with Crippen LogP contribution in [0.25, 0.3) is 10.2 Å². The lowest BCUT2D eigenvalue weighted by Gasteiger charge is -2.32. The number of carbonyl (C=O) groups is 1. The summed E-state index contributed by atoms with van der Waals surface area (Å²) in [5, 5.41) is 5.02. The summed E-state index contributed by atoms with van der Waals surface area (Å²) in [6.45, 7) is 0.352. The molecule has 1 amide bonds. The fourth-order valence-corrected chi connectivity index (χ4v) is 7.32. The van der Waals surface area contributed by atoms with Crippen LogP contribution in [0.4, 0.5) is 5.13 Å². The molecule has 1 unspecified atom stereocenters. The minimum absolute atomic E-state index is 0.270. The molecule has 0 spiro atoms. The molecular formula is C17H16BrN3O3S3. The second-order valence-corrected chi connectivity index (χ2v) is 11.2. The summed E-state index contributed by atoms with van der Waals surface area (Å²) >= 11 is 5.96. The van der Waals surface area contributed by atoms with E-state index in [9.17, 15) is 13.2 Å². The quantitative estimate of drug-likeness (QED) is 0.597. The summed E-state index contributed by atoms with van der Waals surface area (Å²) in [5.41, 5.74) is 0.796. The first-order chi connectivity index (χ1) is 12.9. The Morgan fingerprint density at radius 3 is 2.93 bits per heavy atom. The lowest BCUT2D eigenvalue weighted by atomic mass is 10.0. The maximum absolute atomic E-state index is 12.9. The van der Waals surface area contributed by atoms with Crippen molar-refractivity contribution in [2.24, 2.45) is 0 Å². The minimum Gasteiger partial charge on any atom is -0.301 e. The number of sulfonamides is 1. The molecule has 3 heterocycles. The first kappa shape index (κ1) is 19.0. The number of benzene rings is 1. The number of piperidine rings is 1. The molecule has 1 aliphatic heterocycles. The van der Waals surface area contributed by atoms with Gasteiger partial charge in [-0.3, -0.25) is 4.79 Å². The molecule has 4 rings (SSSR count). The molecule has 1 N–H and O–H groups in total. The van der Waals surface area contributed by atoms with Gasteiger partial charge < -0.3 is 5.32 Å². The van der Waals surface area contributed by atoms with Crippen LogP contribution in [0.1, 0.15) is 19.3 Å². The number of anilines is 1. The number of nitrogens with one attached hydrogen (secondary N) is 1. The Hall–Kier alpha value is -1.33. The first-order valence-electron chi connectivity index (χ1n) is 8.37. The van der Waals surface area contributed by atoms with E-state index < -0.39 is 16.1 Å². The second-order valence-electron chi connectivity index (χ2n) is 6.18. The molecule has 27 heavy (non-hydrogen) atoms. The van der Waals surface area contributed by atoms with Crippen molar-refractivity contribution >= 4 is 69.9 Å². The van der Waals surface area contributed by atoms with E-state index in [2.05, 4.69) is 26.2 Å². The summed E-state index contributed by atoms with van der Waals surface area (Å²) in [4.78, 5) is 17.3. The van der Waals surface area contributed by atoms with Crippen molar-refractivity contribution in [3.8, 4) is 0 Å². The van der Waals surface area contributed by atoms with Gasteiger partial charge in [-0.2, -0.15) is 4.31 Å². The number of aromatic nitrogens is 1. The highest BCUT2D eigenvalue weighted by atomic mass is 79.9. The number of thiazole rings is 1. The number of amides is 1. The monoisotopic (exact) mass is 485 g/mol. The van der Waals surface area contributed by atoms with Crippen LogP contribution in [0.15, 0.2) is 44.4 Å². The molecule has 1 atom stereocenters. The topological polar surface area (TPSA) is 79.4 Å². The standard InChI is InChI=1S/C17H16BrN3O3S3/c18-11-6-7-12-14(10-11)26-17(19-12)20-16(22)13-4-1-2-8-21(13)27(23,24)15-5-3-9-25-15/h3,5-7,9-10,13H,1-2,4,8H2,(H,19,20,22). The molecule has 1 fully saturated rings. The average molecular weight is 486 g/mol. The van der Waals surface area contributed by atoms with Crippen molar-refractivity contribution in [2.45, 2.75) is 29.5 Å². The highest BCUT2D eigenvalue weighted by Gasteiger charge is 2.38. The summed E-state index contributed by atoms with van der Waals surface area (Å²) in [7, 11) is -3.67. The molecule has 1 aliphatic rings. The Morgan fingerprint density at radius 2 is 2.15 bits per heavy atom. The van der Waals surface area contributed by atoms with Gasteiger partial charge in [-0.05, 0) is 42.5 Å². The number of hydrogen-bond acceptors (Lipinski definition) is 6. The molecule has 0 saturated carbocycles. The van der Waals surface area contributed by atoms with Gasteiger partial charge in [-0.25, -0.2) is 13.4 Å². The number of carbonyl (C=O) groups excluding carboxylic acids is 1. The van der Waals surface area contributed by atoms with Crippen LogP contribution in [-0.4, -0.2) is 36.2 Å². The predicted molar refractivity (Wildman–Crippen MR) is 112 cm³/mol. The normalized spacial score (nSPS) is 18.6. The van der Waals surface area contributed by atoms with Crippen LogP contribution in [0.2, 0.25) is 0 Å². The molecule has 2 aromatic heterocycles. The molecular weight excluding hydrogens is 470 g/mol. The average Bonchev–Trinajstić information content (AvgIpc) is 3.31. The highest BCUT2D eigenvalue weighted by molar-refractivity contribution is 9.10. The fourth-order valence-electron chi connectivity index (χ4n) is 3.12. The van der Waals surface area contributed by atoms with Gasteiger partial charge in [0.25, 0.3) is 10.0 Å². The Kier molecular flexibility index (Phi) is 5.34. The van der Waals surface area contributed by atoms with Gasteiger partial charge in [-0.15, -0.1) is 11.3 Å². The molecule has 6 nitrogen and oxygen atoms in total. The van der Waals surface area contributed by atoms with Crippen LogP contribution in [0, 0.1) is 0 Å². The number of hydrogen-bond donors (Lipinski definition) is 1. The van der Waals surface area contributed by atoms with Crippen LogP contribution >= 0.6 is 38.6 Å². The van der Waals surface area contributed by atoms with Crippen molar-refractivity contribution in [3.05, 3.63) is 40.2 Å². The molecule has 142 valence electrons. The highest BCUT2D eigenvalue weighted by Crippen LogP contribution is 2.31. The number of rotatable bonds is 4. The van der Waals surface area contributed by atoms with E-state index in [1.165, 1.54) is 27.0 Å². The SMILES string of the molecule is O=C(Nc1nc2ccc(Br)cc2s1)C1CCCCN1S(=O)(=O)c1cccs1. The van der Waals surface area contributed by atoms with E-state index in [1.54, 1.807) is 17.5 Å². The summed E-state index contributed by atoms with van der Waals surface area (Å²) in [6.07, 6.45) is 2.08. The molecule has 3 aromatic rings. The predicted octanol–water partition coefficient (Wildman–Crippen LogP) is 4.30. The van der Waals surface area contributed by atoms with Gasteiger partial charge >= 0.3 is 0 Å². The molecule has 0 bridgehead atoms. The molecule has 0 aliphatic carbocycles. The van der Waals surface area contributed by atoms with E-state index in [0.29, 0.717) is 18.1 Å². The molecule has 0 radical (unpaired) electrons. The summed E-state index contributed by atoms with van der Waals surface area (Å²) in [6, 6.07) is 8.27. The Balaban J connectivity index is 1.58. The van der Waals surface area contributed by atoms with Crippen molar-refractivity contribution in [1.82, 2.24) is 9.29 Å². The molecule has 1 saturated heterocycles. The van der Waals surface area contributed by atoms with Crippen LogP contribution in [0.5, 0.6) is 0 Å². The van der Waals surface area contributed by atoms with Gasteiger partial charge in [0.05, 0.1) is 10.2 Å². The third-order valence-corrected chi connectivity index (χ3v) is 9.10. The fraction of sp³-hybridized carbons (Fsp3) is 0.294. The summed E-state index contributed by atoms with van der Waals surface area (Å²) < 4.78 is 29.4. The number of halogens is 1. The van der Waals surface area contributed by atoms with Crippen molar-refractivity contribution in [2.75, 3.05) is 11.9 Å². The van der Waals surface area contributed by atoms with E-state index in [-0.39, 0.29) is 10.1 Å². The van der Waals surface area contributed by atoms with E-state index in [0.717, 1.165) is 27.5 Å². The van der Waals surface area contributed by atoms with Crippen LogP contribution in [0.3, 0.4) is 0 Å². The van der Waals surface area contributed by atoms with Gasteiger partial charge in [0.15, 0.2) is 5.13 Å². The van der Waals surface area contributed by atoms with Crippen LogP contribution in [-0.2, 0) is 14.8 Å². The largest absolute Gasteiger partial charge is 0.301 e. The van der Waals surface area contributed by atoms with Crippen molar-refractivity contribution in [3.63, 3.8) is 0 Å². The smallest absolute Gasteiger partial charge is 0.253 e. The van der Waals surface area contributed by atoms with Crippen LogP contribution < -0.4 is 5.32 Å². The Bertz CT molecular complexity index is 1080. The molecule has 10 heteroatoms. The molecule has 1 aromatic carbocycles. The van der Waals surface area contributed by atoms with Crippen molar-refractivity contribution in [1.29, 1.82) is 0 Å². The van der Waals surface area contributed by atoms with Gasteiger partial charge in [0.2, 0.25) is 5.91 Å². The zero-order valence-electron chi connectivity index (χ0n) is 14.1. The zero-order valence-corrected chi connectivity index (χ0v) is 18.1. The Morgan fingerprint density at radius 1 is 1.30 bits per heavy atom. The maximum Gasteiger partial charge on any atom is 0.253 e. The van der Waals surface area contributed by atoms with E-state index >= 15 is 0 Å². The maximum atomic E-state index is 12.9. The number of fused-ring (bicyclic) bond motifs is 1. The Labute approximate surface area is 173 Å². The van der Waals surface area contributed by atoms with Crippen molar-refractivity contribution < 1.29 is 13.2 Å². The number of thiophene rings is 1. The lowest BCUT2D eigenvalue weighted by molar-refractivity contribution is -0.120. The first-order valence-corrected chi connectivity index (χ1v) is 12.3. The van der Waals surface area contributed by atoms with Gasteiger partial charge in [0, 0.05) is 11.0 Å². The van der Waals surface area contributed by atoms with E-state index in [4.69, 9.17) is 0 Å².